The molecule has 0 bridgehead atoms. The second-order valence-corrected chi connectivity index (χ2v) is 6.54. The van der Waals surface area contributed by atoms with E-state index in [1.165, 1.54) is 30.9 Å². The zero-order valence-electron chi connectivity index (χ0n) is 15.6. The summed E-state index contributed by atoms with van der Waals surface area (Å²) in [5.41, 5.74) is 1.64. The molecule has 2 aromatic carbocycles. The molecule has 2 aromatic rings. The van der Waals surface area contributed by atoms with Gasteiger partial charge in [0.25, 0.3) is 5.91 Å². The number of methoxy groups -OCH3 is 1. The summed E-state index contributed by atoms with van der Waals surface area (Å²) in [5.74, 6) is -0.191. The fourth-order valence-electron chi connectivity index (χ4n) is 3.06. The van der Waals surface area contributed by atoms with Crippen LogP contribution in [0, 0.1) is 0 Å². The summed E-state index contributed by atoms with van der Waals surface area (Å²) >= 11 is 0. The molecule has 0 unspecified atom stereocenters. The number of rotatable bonds is 9. The predicted octanol–water partition coefficient (Wildman–Crippen LogP) is 3.77. The third-order valence-corrected chi connectivity index (χ3v) is 4.57. The van der Waals surface area contributed by atoms with Crippen molar-refractivity contribution >= 4 is 5.91 Å². The lowest BCUT2D eigenvalue weighted by Gasteiger charge is -2.39. The Kier molecular flexibility index (Phi) is 6.81. The maximum absolute atomic E-state index is 12.5. The molecule has 7 heteroatoms. The highest BCUT2D eigenvalue weighted by Gasteiger charge is 2.32. The molecule has 0 spiro atoms. The molecule has 5 nitrogen and oxygen atoms in total. The van der Waals surface area contributed by atoms with Crippen molar-refractivity contribution in [3.05, 3.63) is 59.7 Å². The first-order valence-corrected chi connectivity index (χ1v) is 9.14. The lowest BCUT2D eigenvalue weighted by atomic mass is 10.1. The molecule has 0 radical (unpaired) electrons. The molecule has 28 heavy (non-hydrogen) atoms. The van der Waals surface area contributed by atoms with E-state index in [1.807, 2.05) is 18.2 Å². The first kappa shape index (κ1) is 20.1. The molecule has 1 saturated heterocycles. The first-order valence-electron chi connectivity index (χ1n) is 9.14. The molecule has 1 fully saturated rings. The SMILES string of the molecule is COc1cc(C(=O)N2CC(OCCCc3ccccc3)C2)ccc1OC(F)F. The molecule has 1 aliphatic rings. The van der Waals surface area contributed by atoms with Gasteiger partial charge in [0.15, 0.2) is 11.5 Å². The Morgan fingerprint density at radius 1 is 1.14 bits per heavy atom. The molecular formula is C21H23F2NO4. The van der Waals surface area contributed by atoms with E-state index >= 15 is 0 Å². The van der Waals surface area contributed by atoms with Crippen LogP contribution in [0.3, 0.4) is 0 Å². The Morgan fingerprint density at radius 2 is 1.89 bits per heavy atom. The monoisotopic (exact) mass is 391 g/mol. The van der Waals surface area contributed by atoms with E-state index in [2.05, 4.69) is 16.9 Å². The van der Waals surface area contributed by atoms with Crippen molar-refractivity contribution < 1.29 is 27.8 Å². The number of halogens is 2. The smallest absolute Gasteiger partial charge is 0.387 e. The number of amides is 1. The predicted molar refractivity (Wildman–Crippen MR) is 100 cm³/mol. The Balaban J connectivity index is 1.43. The number of ether oxygens (including phenoxy) is 3. The molecule has 1 heterocycles. The van der Waals surface area contributed by atoms with Crippen molar-refractivity contribution in [3.8, 4) is 11.5 Å². The number of alkyl halides is 2. The van der Waals surface area contributed by atoms with Gasteiger partial charge in [-0.05, 0) is 36.6 Å². The Labute approximate surface area is 162 Å². The fraction of sp³-hybridized carbons (Fsp3) is 0.381. The highest BCUT2D eigenvalue weighted by molar-refractivity contribution is 5.95. The van der Waals surface area contributed by atoms with Gasteiger partial charge in [0.1, 0.15) is 0 Å². The lowest BCUT2D eigenvalue weighted by molar-refractivity contribution is -0.0512. The number of carbonyl (C=O) groups is 1. The first-order chi connectivity index (χ1) is 13.6. The van der Waals surface area contributed by atoms with Gasteiger partial charge in [-0.15, -0.1) is 0 Å². The van der Waals surface area contributed by atoms with Crippen LogP contribution >= 0.6 is 0 Å². The molecule has 1 amide bonds. The van der Waals surface area contributed by atoms with Gasteiger partial charge >= 0.3 is 6.61 Å². The maximum Gasteiger partial charge on any atom is 0.387 e. The number of carbonyl (C=O) groups excluding carboxylic acids is 1. The molecule has 3 rings (SSSR count). The Hall–Kier alpha value is -2.67. The number of aryl methyl sites for hydroxylation is 1. The topological polar surface area (TPSA) is 48.0 Å². The Morgan fingerprint density at radius 3 is 2.57 bits per heavy atom. The highest BCUT2D eigenvalue weighted by Crippen LogP contribution is 2.30. The summed E-state index contributed by atoms with van der Waals surface area (Å²) in [6, 6.07) is 14.4. The maximum atomic E-state index is 12.5. The number of hydrogen-bond acceptors (Lipinski definition) is 4. The van der Waals surface area contributed by atoms with E-state index in [4.69, 9.17) is 9.47 Å². The van der Waals surface area contributed by atoms with Crippen LogP contribution in [-0.2, 0) is 11.2 Å². The quantitative estimate of drug-likeness (QED) is 0.611. The number of benzene rings is 2. The largest absolute Gasteiger partial charge is 0.493 e. The van der Waals surface area contributed by atoms with Gasteiger partial charge in [-0.1, -0.05) is 30.3 Å². The van der Waals surface area contributed by atoms with E-state index in [0.29, 0.717) is 25.3 Å². The van der Waals surface area contributed by atoms with Crippen LogP contribution in [0.4, 0.5) is 8.78 Å². The van der Waals surface area contributed by atoms with Gasteiger partial charge in [-0.2, -0.15) is 8.78 Å². The summed E-state index contributed by atoms with van der Waals surface area (Å²) in [4.78, 5) is 14.2. The van der Waals surface area contributed by atoms with Gasteiger partial charge in [0, 0.05) is 25.3 Å². The third kappa shape index (κ3) is 5.19. The minimum atomic E-state index is -2.95. The van der Waals surface area contributed by atoms with Crippen molar-refractivity contribution in [2.75, 3.05) is 26.8 Å². The van der Waals surface area contributed by atoms with Crippen LogP contribution in [0.2, 0.25) is 0 Å². The molecule has 0 atom stereocenters. The van der Waals surface area contributed by atoms with Crippen molar-refractivity contribution in [1.82, 2.24) is 4.90 Å². The average Bonchev–Trinajstić information content (AvgIpc) is 2.66. The molecule has 0 aromatic heterocycles. The van der Waals surface area contributed by atoms with E-state index in [0.717, 1.165) is 12.8 Å². The number of nitrogens with zero attached hydrogens (tertiary/aromatic N) is 1. The van der Waals surface area contributed by atoms with Crippen LogP contribution in [-0.4, -0.2) is 50.3 Å². The fourth-order valence-corrected chi connectivity index (χ4v) is 3.06. The van der Waals surface area contributed by atoms with Gasteiger partial charge in [0.05, 0.1) is 13.2 Å². The third-order valence-electron chi connectivity index (χ3n) is 4.57. The summed E-state index contributed by atoms with van der Waals surface area (Å²) in [5, 5.41) is 0. The van der Waals surface area contributed by atoms with E-state index in [1.54, 1.807) is 4.90 Å². The minimum Gasteiger partial charge on any atom is -0.493 e. The summed E-state index contributed by atoms with van der Waals surface area (Å²) in [6.45, 7) is -1.27. The van der Waals surface area contributed by atoms with Gasteiger partial charge < -0.3 is 19.1 Å². The van der Waals surface area contributed by atoms with E-state index in [-0.39, 0.29) is 23.5 Å². The van der Waals surface area contributed by atoms with Crippen LogP contribution in [0.15, 0.2) is 48.5 Å². The van der Waals surface area contributed by atoms with Crippen molar-refractivity contribution in [2.24, 2.45) is 0 Å². The highest BCUT2D eigenvalue weighted by atomic mass is 19.3. The van der Waals surface area contributed by atoms with Gasteiger partial charge in [-0.3, -0.25) is 4.79 Å². The lowest BCUT2D eigenvalue weighted by Crippen LogP contribution is -2.54. The summed E-state index contributed by atoms with van der Waals surface area (Å²) < 4.78 is 40.0. The zero-order valence-corrected chi connectivity index (χ0v) is 15.6. The van der Waals surface area contributed by atoms with Gasteiger partial charge in [-0.25, -0.2) is 0 Å². The van der Waals surface area contributed by atoms with E-state index in [9.17, 15) is 13.6 Å². The van der Waals surface area contributed by atoms with Crippen molar-refractivity contribution in [3.63, 3.8) is 0 Å². The van der Waals surface area contributed by atoms with Crippen LogP contribution in [0.1, 0.15) is 22.3 Å². The summed E-state index contributed by atoms with van der Waals surface area (Å²) in [6.07, 6.45) is 1.92. The standard InChI is InChI=1S/C21H23F2NO4/c1-26-19-12-16(9-10-18(19)28-21(22)23)20(25)24-13-17(14-24)27-11-5-8-15-6-3-2-4-7-15/h2-4,6-7,9-10,12,17,21H,5,8,11,13-14H2,1H3. The van der Waals surface area contributed by atoms with Gasteiger partial charge in [0.2, 0.25) is 0 Å². The molecule has 0 N–H and O–H groups in total. The molecule has 0 saturated carbocycles. The minimum absolute atomic E-state index is 0.0306. The van der Waals surface area contributed by atoms with Crippen molar-refractivity contribution in [2.45, 2.75) is 25.6 Å². The molecule has 150 valence electrons. The molecule has 1 aliphatic heterocycles. The molecular weight excluding hydrogens is 368 g/mol. The summed E-state index contributed by atoms with van der Waals surface area (Å²) in [7, 11) is 1.34. The normalized spacial score (nSPS) is 14.1. The number of hydrogen-bond donors (Lipinski definition) is 0. The van der Waals surface area contributed by atoms with E-state index < -0.39 is 6.61 Å². The zero-order chi connectivity index (χ0) is 19.9. The van der Waals surface area contributed by atoms with Crippen LogP contribution < -0.4 is 9.47 Å². The molecule has 0 aliphatic carbocycles. The van der Waals surface area contributed by atoms with Crippen LogP contribution in [0.25, 0.3) is 0 Å². The second kappa shape index (κ2) is 9.50. The average molecular weight is 391 g/mol. The Bertz CT molecular complexity index is 779. The second-order valence-electron chi connectivity index (χ2n) is 6.54. The van der Waals surface area contributed by atoms with Crippen LogP contribution in [0.5, 0.6) is 11.5 Å². The number of likely N-dealkylation sites (tertiary alicyclic amines) is 1. The van der Waals surface area contributed by atoms with Crippen molar-refractivity contribution in [1.29, 1.82) is 0 Å².